The average molecular weight is 316 g/mol. The second-order valence-electron chi connectivity index (χ2n) is 6.95. The van der Waals surface area contributed by atoms with Crippen LogP contribution in [-0.4, -0.2) is 38.2 Å². The topological polar surface area (TPSA) is 70.6 Å². The van der Waals surface area contributed by atoms with E-state index in [0.717, 1.165) is 30.7 Å². The van der Waals surface area contributed by atoms with Gasteiger partial charge in [-0.25, -0.2) is 15.0 Å². The number of aromatic amines is 1. The van der Waals surface area contributed by atoms with Gasteiger partial charge in [0, 0.05) is 31.0 Å². The van der Waals surface area contributed by atoms with Crippen LogP contribution in [0, 0.1) is 17.8 Å². The second-order valence-corrected chi connectivity index (χ2v) is 6.95. The fourth-order valence-corrected chi connectivity index (χ4v) is 3.52. The van der Waals surface area contributed by atoms with Gasteiger partial charge in [-0.3, -0.25) is 5.10 Å². The van der Waals surface area contributed by atoms with Gasteiger partial charge in [-0.1, -0.05) is 13.8 Å². The van der Waals surface area contributed by atoms with Crippen molar-refractivity contribution in [3.63, 3.8) is 0 Å². The summed E-state index contributed by atoms with van der Waals surface area (Å²) >= 11 is 0. The molecule has 7 heteroatoms. The van der Waals surface area contributed by atoms with E-state index in [2.05, 4.69) is 38.9 Å². The molecular formula is C16H21FN6. The molecule has 4 rings (SSSR count). The van der Waals surface area contributed by atoms with Crippen LogP contribution in [0.1, 0.15) is 50.2 Å². The van der Waals surface area contributed by atoms with Gasteiger partial charge in [0.1, 0.15) is 18.0 Å². The third kappa shape index (κ3) is 2.80. The molecule has 1 aliphatic carbocycles. The maximum Gasteiger partial charge on any atom is 0.218 e. The highest BCUT2D eigenvalue weighted by Crippen LogP contribution is 2.47. The third-order valence-electron chi connectivity index (χ3n) is 4.92. The number of aromatic nitrogens is 5. The standard InChI is InChI=1S/C16H21FN6/c1-9(2)15-20-16(22-21-15)12-7-23(6-11(12)10-3-4-10)14-5-13(17)18-8-19-14/h5,8-12H,3-4,6-7H2,1-2H3,(H,20,21,22)/t11-,12+/m0/s1. The van der Waals surface area contributed by atoms with Gasteiger partial charge in [0.15, 0.2) is 5.82 Å². The third-order valence-corrected chi connectivity index (χ3v) is 4.92. The van der Waals surface area contributed by atoms with E-state index in [1.807, 2.05) is 0 Å². The smallest absolute Gasteiger partial charge is 0.218 e. The number of nitrogens with one attached hydrogen (secondary N) is 1. The summed E-state index contributed by atoms with van der Waals surface area (Å²) < 4.78 is 13.4. The van der Waals surface area contributed by atoms with Crippen molar-refractivity contribution < 1.29 is 4.39 Å². The molecule has 0 amide bonds. The molecule has 0 radical (unpaired) electrons. The molecule has 2 fully saturated rings. The van der Waals surface area contributed by atoms with Crippen molar-refractivity contribution in [1.29, 1.82) is 0 Å². The number of nitrogens with zero attached hydrogens (tertiary/aromatic N) is 5. The summed E-state index contributed by atoms with van der Waals surface area (Å²) in [4.78, 5) is 14.6. The van der Waals surface area contributed by atoms with Crippen molar-refractivity contribution in [3.8, 4) is 0 Å². The molecule has 0 spiro atoms. The highest BCUT2D eigenvalue weighted by molar-refractivity contribution is 5.40. The molecule has 0 aromatic carbocycles. The van der Waals surface area contributed by atoms with Gasteiger partial charge < -0.3 is 4.90 Å². The Balaban J connectivity index is 1.60. The average Bonchev–Trinajstić information content (AvgIpc) is 3.09. The van der Waals surface area contributed by atoms with E-state index in [9.17, 15) is 4.39 Å². The maximum absolute atomic E-state index is 13.4. The monoisotopic (exact) mass is 316 g/mol. The Labute approximate surface area is 134 Å². The summed E-state index contributed by atoms with van der Waals surface area (Å²) in [5.74, 6) is 3.89. The normalized spacial score (nSPS) is 24.6. The molecule has 1 saturated carbocycles. The van der Waals surface area contributed by atoms with E-state index in [-0.39, 0.29) is 0 Å². The summed E-state index contributed by atoms with van der Waals surface area (Å²) in [6, 6.07) is 1.41. The Kier molecular flexibility index (Phi) is 3.50. The molecule has 23 heavy (non-hydrogen) atoms. The van der Waals surface area contributed by atoms with Gasteiger partial charge in [-0.05, 0) is 24.7 Å². The lowest BCUT2D eigenvalue weighted by atomic mass is 9.91. The number of rotatable bonds is 4. The number of anilines is 1. The van der Waals surface area contributed by atoms with Crippen LogP contribution in [0.4, 0.5) is 10.2 Å². The molecule has 1 N–H and O–H groups in total. The lowest BCUT2D eigenvalue weighted by Gasteiger charge is -2.16. The Morgan fingerprint density at radius 2 is 2.09 bits per heavy atom. The number of hydrogen-bond acceptors (Lipinski definition) is 5. The molecule has 0 unspecified atom stereocenters. The molecule has 1 aliphatic heterocycles. The molecular weight excluding hydrogens is 295 g/mol. The number of hydrogen-bond donors (Lipinski definition) is 1. The van der Waals surface area contributed by atoms with Crippen molar-refractivity contribution in [3.05, 3.63) is 30.0 Å². The van der Waals surface area contributed by atoms with E-state index < -0.39 is 5.95 Å². The molecule has 2 aliphatic rings. The first kappa shape index (κ1) is 14.5. The highest BCUT2D eigenvalue weighted by atomic mass is 19.1. The fourth-order valence-electron chi connectivity index (χ4n) is 3.52. The summed E-state index contributed by atoms with van der Waals surface area (Å²) in [7, 11) is 0. The Hall–Kier alpha value is -2.05. The van der Waals surface area contributed by atoms with Gasteiger partial charge in [0.05, 0.1) is 0 Å². The van der Waals surface area contributed by atoms with E-state index in [4.69, 9.17) is 4.98 Å². The second kappa shape index (κ2) is 5.54. The van der Waals surface area contributed by atoms with Gasteiger partial charge in [0.25, 0.3) is 0 Å². The molecule has 2 aromatic rings. The van der Waals surface area contributed by atoms with Crippen molar-refractivity contribution in [2.75, 3.05) is 18.0 Å². The summed E-state index contributed by atoms with van der Waals surface area (Å²) in [5, 5.41) is 7.48. The van der Waals surface area contributed by atoms with E-state index in [1.54, 1.807) is 0 Å². The van der Waals surface area contributed by atoms with Crippen molar-refractivity contribution in [1.82, 2.24) is 25.1 Å². The lowest BCUT2D eigenvalue weighted by molar-refractivity contribution is 0.444. The van der Waals surface area contributed by atoms with E-state index in [0.29, 0.717) is 23.6 Å². The Bertz CT molecular complexity index is 695. The molecule has 122 valence electrons. The van der Waals surface area contributed by atoms with Gasteiger partial charge >= 0.3 is 0 Å². The Morgan fingerprint density at radius 3 is 2.74 bits per heavy atom. The SMILES string of the molecule is CC(C)c1n[nH]c([C@@H]2CN(c3cc(F)ncn3)C[C@H]2C2CC2)n1. The first-order valence-electron chi connectivity index (χ1n) is 8.26. The van der Waals surface area contributed by atoms with Gasteiger partial charge in [-0.15, -0.1) is 0 Å². The predicted molar refractivity (Wildman–Crippen MR) is 83.6 cm³/mol. The molecule has 6 nitrogen and oxygen atoms in total. The van der Waals surface area contributed by atoms with Crippen LogP contribution in [0.25, 0.3) is 0 Å². The van der Waals surface area contributed by atoms with Crippen molar-refractivity contribution in [2.45, 2.75) is 38.5 Å². The van der Waals surface area contributed by atoms with Gasteiger partial charge in [-0.2, -0.15) is 9.49 Å². The summed E-state index contributed by atoms with van der Waals surface area (Å²) in [6.07, 6.45) is 3.84. The van der Waals surface area contributed by atoms with E-state index >= 15 is 0 Å². The largest absolute Gasteiger partial charge is 0.355 e. The zero-order valence-corrected chi connectivity index (χ0v) is 13.4. The van der Waals surface area contributed by atoms with Crippen LogP contribution in [0.15, 0.2) is 12.4 Å². The van der Waals surface area contributed by atoms with Gasteiger partial charge in [0.2, 0.25) is 5.95 Å². The molecule has 2 atom stereocenters. The summed E-state index contributed by atoms with van der Waals surface area (Å²) in [5.41, 5.74) is 0. The van der Waals surface area contributed by atoms with Crippen LogP contribution in [0.2, 0.25) is 0 Å². The molecule has 3 heterocycles. The van der Waals surface area contributed by atoms with Crippen LogP contribution in [0.5, 0.6) is 0 Å². The highest BCUT2D eigenvalue weighted by Gasteiger charge is 2.44. The van der Waals surface area contributed by atoms with Crippen LogP contribution < -0.4 is 4.90 Å². The van der Waals surface area contributed by atoms with Crippen LogP contribution in [0.3, 0.4) is 0 Å². The number of halogens is 1. The first-order chi connectivity index (χ1) is 11.1. The zero-order valence-electron chi connectivity index (χ0n) is 13.4. The predicted octanol–water partition coefficient (Wildman–Crippen LogP) is 2.49. The maximum atomic E-state index is 13.4. The molecule has 2 aromatic heterocycles. The molecule has 0 bridgehead atoms. The minimum Gasteiger partial charge on any atom is -0.355 e. The number of H-pyrrole nitrogens is 1. The van der Waals surface area contributed by atoms with Crippen LogP contribution in [-0.2, 0) is 0 Å². The quantitative estimate of drug-likeness (QED) is 0.878. The summed E-state index contributed by atoms with van der Waals surface area (Å²) in [6.45, 7) is 5.87. The van der Waals surface area contributed by atoms with Crippen LogP contribution >= 0.6 is 0 Å². The van der Waals surface area contributed by atoms with Crippen molar-refractivity contribution in [2.24, 2.45) is 11.8 Å². The zero-order chi connectivity index (χ0) is 16.0. The fraction of sp³-hybridized carbons (Fsp3) is 0.625. The minimum atomic E-state index is -0.483. The lowest BCUT2D eigenvalue weighted by Crippen LogP contribution is -2.21. The molecule has 1 saturated heterocycles. The first-order valence-corrected chi connectivity index (χ1v) is 8.26. The Morgan fingerprint density at radius 1 is 1.26 bits per heavy atom. The van der Waals surface area contributed by atoms with Crippen molar-refractivity contribution >= 4 is 5.82 Å². The minimum absolute atomic E-state index is 0.306. The van der Waals surface area contributed by atoms with E-state index in [1.165, 1.54) is 25.2 Å².